The monoisotopic (exact) mass is 444 g/mol. The van der Waals surface area contributed by atoms with Crippen molar-refractivity contribution in [3.63, 3.8) is 0 Å². The molecule has 1 N–H and O–H groups in total. The lowest BCUT2D eigenvalue weighted by Gasteiger charge is -2.53. The summed E-state index contributed by atoms with van der Waals surface area (Å²) in [4.78, 5) is 35.3. The van der Waals surface area contributed by atoms with Crippen LogP contribution in [0.4, 0.5) is 0 Å². The smallest absolute Gasteiger partial charge is 0.272 e. The molecule has 8 heteroatoms. The Morgan fingerprint density at radius 3 is 2.84 bits per heavy atom. The number of carbonyl (C=O) groups excluding carboxylic acids is 2. The van der Waals surface area contributed by atoms with Crippen LogP contribution < -0.4 is 5.32 Å². The van der Waals surface area contributed by atoms with E-state index in [2.05, 4.69) is 15.2 Å². The van der Waals surface area contributed by atoms with Crippen LogP contribution in [0.15, 0.2) is 24.4 Å². The highest BCUT2D eigenvalue weighted by molar-refractivity contribution is 5.93. The molecule has 2 amide bonds. The van der Waals surface area contributed by atoms with Gasteiger partial charge in [0.25, 0.3) is 5.91 Å². The van der Waals surface area contributed by atoms with Crippen molar-refractivity contribution in [2.75, 3.05) is 59.7 Å². The molecule has 8 nitrogen and oxygen atoms in total. The van der Waals surface area contributed by atoms with Crippen LogP contribution in [0.3, 0.4) is 0 Å². The fourth-order valence-electron chi connectivity index (χ4n) is 5.70. The number of hydrogen-bond acceptors (Lipinski definition) is 6. The number of nitrogens with zero attached hydrogens (tertiary/aromatic N) is 3. The van der Waals surface area contributed by atoms with Crippen molar-refractivity contribution in [2.45, 2.75) is 38.1 Å². The van der Waals surface area contributed by atoms with E-state index in [1.165, 1.54) is 0 Å². The van der Waals surface area contributed by atoms with E-state index in [-0.39, 0.29) is 17.7 Å². The number of carbonyl (C=O) groups is 2. The first-order valence-electron chi connectivity index (χ1n) is 11.9. The molecule has 0 spiro atoms. The molecule has 1 aromatic rings. The number of aromatic nitrogens is 1. The third kappa shape index (κ3) is 4.97. The maximum Gasteiger partial charge on any atom is 0.272 e. The summed E-state index contributed by atoms with van der Waals surface area (Å²) in [5.74, 6) is 0.294. The Hall–Kier alpha value is -2.03. The van der Waals surface area contributed by atoms with Crippen molar-refractivity contribution in [1.82, 2.24) is 20.1 Å². The quantitative estimate of drug-likeness (QED) is 0.643. The highest BCUT2D eigenvalue weighted by Gasteiger charge is 2.53. The zero-order valence-corrected chi connectivity index (χ0v) is 19.1. The second-order valence-electron chi connectivity index (χ2n) is 9.26. The van der Waals surface area contributed by atoms with Gasteiger partial charge < -0.3 is 19.7 Å². The van der Waals surface area contributed by atoms with Gasteiger partial charge in [0, 0.05) is 58.7 Å². The highest BCUT2D eigenvalue weighted by Crippen LogP contribution is 2.48. The molecule has 4 rings (SSSR count). The second kappa shape index (κ2) is 10.7. The van der Waals surface area contributed by atoms with E-state index in [4.69, 9.17) is 9.47 Å². The Morgan fingerprint density at radius 1 is 1.25 bits per heavy atom. The summed E-state index contributed by atoms with van der Waals surface area (Å²) >= 11 is 0. The van der Waals surface area contributed by atoms with Gasteiger partial charge in [-0.3, -0.25) is 19.5 Å². The normalized spacial score (nSPS) is 28.7. The van der Waals surface area contributed by atoms with Gasteiger partial charge in [0.15, 0.2) is 0 Å². The molecule has 32 heavy (non-hydrogen) atoms. The van der Waals surface area contributed by atoms with Crippen molar-refractivity contribution in [3.05, 3.63) is 30.1 Å². The lowest BCUT2D eigenvalue weighted by atomic mass is 9.60. The van der Waals surface area contributed by atoms with Crippen molar-refractivity contribution in [2.24, 2.45) is 11.3 Å². The zero-order chi connectivity index (χ0) is 22.4. The molecular weight excluding hydrogens is 408 g/mol. The Balaban J connectivity index is 1.50. The third-order valence-electron chi connectivity index (χ3n) is 7.48. The first kappa shape index (κ1) is 23.1. The minimum absolute atomic E-state index is 0.0779. The molecule has 176 valence electrons. The van der Waals surface area contributed by atoms with Gasteiger partial charge in [-0.2, -0.15) is 0 Å². The Labute approximate surface area is 190 Å². The molecule has 0 radical (unpaired) electrons. The first-order chi connectivity index (χ1) is 15.6. The van der Waals surface area contributed by atoms with E-state index in [0.29, 0.717) is 38.0 Å². The van der Waals surface area contributed by atoms with E-state index in [1.807, 2.05) is 17.0 Å². The molecule has 0 bridgehead atoms. The van der Waals surface area contributed by atoms with Gasteiger partial charge in [0.1, 0.15) is 5.69 Å². The summed E-state index contributed by atoms with van der Waals surface area (Å²) in [5.41, 5.74) is -0.0814. The lowest BCUT2D eigenvalue weighted by molar-refractivity contribution is -0.143. The summed E-state index contributed by atoms with van der Waals surface area (Å²) in [7, 11) is 1.67. The fourth-order valence-corrected chi connectivity index (χ4v) is 5.70. The zero-order valence-electron chi connectivity index (χ0n) is 19.1. The van der Waals surface area contributed by atoms with E-state index >= 15 is 0 Å². The number of amides is 2. The number of ether oxygens (including phenoxy) is 2. The lowest BCUT2D eigenvalue weighted by Crippen LogP contribution is -2.61. The van der Waals surface area contributed by atoms with Crippen LogP contribution in [0.2, 0.25) is 0 Å². The number of morpholine rings is 1. The number of likely N-dealkylation sites (tertiary alicyclic amines) is 1. The standard InChI is InChI=1S/C24H36N4O4/c1-31-14-4-10-26-23(30)24-8-6-20(27-12-15-32-16-13-27)17-19(24)7-11-28(18-24)22(29)21-5-2-3-9-25-21/h2-3,5,9,19-20H,4,6-8,10-18H2,1H3,(H,26,30)/t19-,20+,24-/m1/s1. The molecular formula is C24H36N4O4. The van der Waals surface area contributed by atoms with Crippen LogP contribution in [-0.4, -0.2) is 92.3 Å². The molecule has 3 heterocycles. The van der Waals surface area contributed by atoms with Gasteiger partial charge in [0.2, 0.25) is 5.91 Å². The first-order valence-corrected chi connectivity index (χ1v) is 11.9. The summed E-state index contributed by atoms with van der Waals surface area (Å²) in [6, 6.07) is 5.89. The predicted molar refractivity (Wildman–Crippen MR) is 120 cm³/mol. The number of rotatable bonds is 7. The van der Waals surface area contributed by atoms with Crippen LogP contribution in [0.1, 0.15) is 42.6 Å². The molecule has 1 aromatic heterocycles. The van der Waals surface area contributed by atoms with Gasteiger partial charge in [0.05, 0.1) is 18.6 Å². The number of methoxy groups -OCH3 is 1. The SMILES string of the molecule is COCCCNC(=O)[C@@]12CC[C@H](N3CCOCC3)C[C@H]1CCN(C(=O)c1ccccn1)C2. The second-order valence-corrected chi connectivity index (χ2v) is 9.26. The minimum Gasteiger partial charge on any atom is -0.385 e. The van der Waals surface area contributed by atoms with Crippen LogP contribution in [0, 0.1) is 11.3 Å². The predicted octanol–water partition coefficient (Wildman–Crippen LogP) is 1.57. The summed E-state index contributed by atoms with van der Waals surface area (Å²) in [6.45, 7) is 5.89. The molecule has 3 fully saturated rings. The van der Waals surface area contributed by atoms with E-state index in [9.17, 15) is 9.59 Å². The number of piperidine rings is 1. The van der Waals surface area contributed by atoms with Crippen LogP contribution in [0.5, 0.6) is 0 Å². The van der Waals surface area contributed by atoms with E-state index < -0.39 is 5.41 Å². The maximum atomic E-state index is 13.6. The summed E-state index contributed by atoms with van der Waals surface area (Å²) in [5, 5.41) is 3.16. The largest absolute Gasteiger partial charge is 0.385 e. The third-order valence-corrected chi connectivity index (χ3v) is 7.48. The highest BCUT2D eigenvalue weighted by atomic mass is 16.5. The van der Waals surface area contributed by atoms with Crippen molar-refractivity contribution in [3.8, 4) is 0 Å². The van der Waals surface area contributed by atoms with Crippen LogP contribution in [0.25, 0.3) is 0 Å². The molecule has 1 saturated carbocycles. The Kier molecular flexibility index (Phi) is 7.75. The number of pyridine rings is 1. The number of hydrogen-bond donors (Lipinski definition) is 1. The van der Waals surface area contributed by atoms with Crippen molar-refractivity contribution >= 4 is 11.8 Å². The van der Waals surface area contributed by atoms with Gasteiger partial charge in [-0.25, -0.2) is 0 Å². The number of fused-ring (bicyclic) bond motifs is 1. The number of nitrogens with one attached hydrogen (secondary N) is 1. The van der Waals surface area contributed by atoms with E-state index in [1.54, 1.807) is 19.4 Å². The van der Waals surface area contributed by atoms with E-state index in [0.717, 1.165) is 58.4 Å². The van der Waals surface area contributed by atoms with Crippen LogP contribution in [-0.2, 0) is 14.3 Å². The molecule has 0 unspecified atom stereocenters. The summed E-state index contributed by atoms with van der Waals surface area (Å²) < 4.78 is 10.7. The van der Waals surface area contributed by atoms with Crippen LogP contribution >= 0.6 is 0 Å². The van der Waals surface area contributed by atoms with Gasteiger partial charge >= 0.3 is 0 Å². The Bertz CT molecular complexity index is 771. The van der Waals surface area contributed by atoms with Gasteiger partial charge in [-0.1, -0.05) is 6.07 Å². The van der Waals surface area contributed by atoms with Gasteiger partial charge in [-0.15, -0.1) is 0 Å². The van der Waals surface area contributed by atoms with Crippen molar-refractivity contribution in [1.29, 1.82) is 0 Å². The molecule has 0 aromatic carbocycles. The topological polar surface area (TPSA) is 84.0 Å². The average molecular weight is 445 g/mol. The molecule has 2 saturated heterocycles. The Morgan fingerprint density at radius 2 is 2.09 bits per heavy atom. The molecule has 3 aliphatic rings. The minimum atomic E-state index is -0.529. The summed E-state index contributed by atoms with van der Waals surface area (Å²) in [6.07, 6.45) is 6.08. The fraction of sp³-hybridized carbons (Fsp3) is 0.708. The molecule has 2 aliphatic heterocycles. The van der Waals surface area contributed by atoms with Gasteiger partial charge in [-0.05, 0) is 50.2 Å². The van der Waals surface area contributed by atoms with Crippen molar-refractivity contribution < 1.29 is 19.1 Å². The molecule has 3 atom stereocenters. The maximum absolute atomic E-state index is 13.6. The average Bonchev–Trinajstić information content (AvgIpc) is 2.86. The molecule has 1 aliphatic carbocycles.